The largest absolute Gasteiger partial charge is 0.387 e. The van der Waals surface area contributed by atoms with Crippen LogP contribution in [0.15, 0.2) is 65.6 Å². The zero-order chi connectivity index (χ0) is 15.2. The number of aliphatic hydroxyl groups excluding tert-OH is 1. The highest BCUT2D eigenvalue weighted by Gasteiger charge is 2.25. The van der Waals surface area contributed by atoms with E-state index in [4.69, 9.17) is 0 Å². The zero-order valence-electron chi connectivity index (χ0n) is 11.9. The smallest absolute Gasteiger partial charge is 0.0917 e. The maximum atomic E-state index is 12.3. The average Bonchev–Trinajstić information content (AvgIpc) is 2.55. The lowest BCUT2D eigenvalue weighted by Crippen LogP contribution is -2.24. The molecule has 21 heavy (non-hydrogen) atoms. The van der Waals surface area contributed by atoms with Crippen LogP contribution in [0.4, 0.5) is 0 Å². The van der Waals surface area contributed by atoms with Crippen LogP contribution in [0.25, 0.3) is 0 Å². The summed E-state index contributed by atoms with van der Waals surface area (Å²) in [6, 6.07) is 19.0. The first-order valence-corrected chi connectivity index (χ1v) is 9.13. The van der Waals surface area contributed by atoms with Crippen molar-refractivity contribution in [2.24, 2.45) is 5.92 Å². The highest BCUT2D eigenvalue weighted by Crippen LogP contribution is 2.29. The van der Waals surface area contributed by atoms with Crippen molar-refractivity contribution >= 4 is 26.7 Å². The first kappa shape index (κ1) is 16.4. The van der Waals surface area contributed by atoms with Crippen molar-refractivity contribution in [2.45, 2.75) is 22.8 Å². The quantitative estimate of drug-likeness (QED) is 0.786. The van der Waals surface area contributed by atoms with E-state index in [0.29, 0.717) is 5.75 Å². The molecule has 0 saturated heterocycles. The maximum Gasteiger partial charge on any atom is 0.0917 e. The van der Waals surface area contributed by atoms with Gasteiger partial charge in [-0.05, 0) is 23.6 Å². The van der Waals surface area contributed by atoms with Crippen molar-refractivity contribution < 1.29 is 9.32 Å². The summed E-state index contributed by atoms with van der Waals surface area (Å²) in [6.45, 7) is 2.01. The number of halogens is 1. The Bertz CT molecular complexity index is 574. The van der Waals surface area contributed by atoms with Gasteiger partial charge in [0.2, 0.25) is 0 Å². The molecule has 4 heteroatoms. The minimum atomic E-state index is -1.05. The molecule has 0 aromatic heterocycles. The molecule has 1 N–H and O–H groups in total. The van der Waals surface area contributed by atoms with Gasteiger partial charge in [0, 0.05) is 15.5 Å². The zero-order valence-corrected chi connectivity index (χ0v) is 14.3. The van der Waals surface area contributed by atoms with Crippen molar-refractivity contribution in [1.29, 1.82) is 0 Å². The van der Waals surface area contributed by atoms with Crippen molar-refractivity contribution in [2.75, 3.05) is 5.75 Å². The Morgan fingerprint density at radius 2 is 1.57 bits per heavy atom. The summed E-state index contributed by atoms with van der Waals surface area (Å²) in [7, 11) is -1.05. The van der Waals surface area contributed by atoms with Gasteiger partial charge >= 0.3 is 0 Å². The van der Waals surface area contributed by atoms with Crippen LogP contribution in [0.3, 0.4) is 0 Å². The molecule has 2 aromatic rings. The molecule has 112 valence electrons. The molecule has 0 amide bonds. The van der Waals surface area contributed by atoms with Crippen molar-refractivity contribution in [1.82, 2.24) is 0 Å². The molecule has 0 aliphatic heterocycles. The number of alkyl halides is 1. The Labute approximate surface area is 136 Å². The fraction of sp³-hybridized carbons (Fsp3) is 0.294. The summed E-state index contributed by atoms with van der Waals surface area (Å²) in [5.41, 5.74) is 0.872. The average molecular weight is 367 g/mol. The Morgan fingerprint density at radius 1 is 1.05 bits per heavy atom. The van der Waals surface area contributed by atoms with Crippen LogP contribution >= 0.6 is 15.9 Å². The molecule has 0 saturated carbocycles. The lowest BCUT2D eigenvalue weighted by atomic mass is 9.99. The first-order valence-electron chi connectivity index (χ1n) is 6.90. The minimum absolute atomic E-state index is 0.0845. The molecular formula is C17H19BrO2S. The van der Waals surface area contributed by atoms with E-state index in [1.165, 1.54) is 0 Å². The number of hydrogen-bond acceptors (Lipinski definition) is 2. The van der Waals surface area contributed by atoms with Gasteiger partial charge in [0.05, 0.1) is 16.9 Å². The van der Waals surface area contributed by atoms with Crippen molar-refractivity contribution in [3.8, 4) is 0 Å². The fourth-order valence-corrected chi connectivity index (χ4v) is 4.22. The third-order valence-corrected chi connectivity index (χ3v) is 6.44. The number of rotatable bonds is 6. The van der Waals surface area contributed by atoms with Gasteiger partial charge in [0.1, 0.15) is 0 Å². The van der Waals surface area contributed by atoms with E-state index >= 15 is 0 Å². The van der Waals surface area contributed by atoms with Gasteiger partial charge in [0.25, 0.3) is 0 Å². The summed E-state index contributed by atoms with van der Waals surface area (Å²) in [6.07, 6.45) is -0.603. The van der Waals surface area contributed by atoms with Crippen LogP contribution in [0.5, 0.6) is 0 Å². The summed E-state index contributed by atoms with van der Waals surface area (Å²) in [4.78, 5) is 0.700. The fourth-order valence-electron chi connectivity index (χ4n) is 2.14. The lowest BCUT2D eigenvalue weighted by Gasteiger charge is -2.23. The van der Waals surface area contributed by atoms with Crippen LogP contribution in [0, 0.1) is 5.92 Å². The third-order valence-electron chi connectivity index (χ3n) is 3.41. The molecule has 2 aromatic carbocycles. The highest BCUT2D eigenvalue weighted by atomic mass is 79.9. The molecular weight excluding hydrogens is 348 g/mol. The van der Waals surface area contributed by atoms with Gasteiger partial charge in [-0.25, -0.2) is 0 Å². The summed E-state index contributed by atoms with van der Waals surface area (Å²) in [5, 5.41) is 10.4. The van der Waals surface area contributed by atoms with Crippen molar-refractivity contribution in [3.63, 3.8) is 0 Å². The topological polar surface area (TPSA) is 37.3 Å². The van der Waals surface area contributed by atoms with Crippen LogP contribution in [-0.2, 0) is 10.8 Å². The van der Waals surface area contributed by atoms with Crippen LogP contribution in [-0.4, -0.2) is 19.9 Å². The van der Waals surface area contributed by atoms with Crippen LogP contribution in [0.2, 0.25) is 0 Å². The molecule has 0 heterocycles. The maximum absolute atomic E-state index is 12.3. The molecule has 0 aliphatic carbocycles. The number of aliphatic hydroxyl groups is 1. The van der Waals surface area contributed by atoms with E-state index in [2.05, 4.69) is 15.9 Å². The minimum Gasteiger partial charge on any atom is -0.387 e. The second-order valence-electron chi connectivity index (χ2n) is 5.10. The molecule has 2 nitrogen and oxygen atoms in total. The highest BCUT2D eigenvalue weighted by molar-refractivity contribution is 9.09. The van der Waals surface area contributed by atoms with E-state index in [1.54, 1.807) is 0 Å². The molecule has 0 fully saturated rings. The van der Waals surface area contributed by atoms with E-state index in [9.17, 15) is 9.32 Å². The van der Waals surface area contributed by atoms with Gasteiger partial charge in [-0.2, -0.15) is 0 Å². The monoisotopic (exact) mass is 366 g/mol. The van der Waals surface area contributed by atoms with Gasteiger partial charge in [-0.3, -0.25) is 4.21 Å². The third kappa shape index (κ3) is 4.50. The lowest BCUT2D eigenvalue weighted by molar-refractivity contribution is 0.161. The van der Waals surface area contributed by atoms with E-state index in [0.717, 1.165) is 10.5 Å². The van der Waals surface area contributed by atoms with E-state index in [1.807, 2.05) is 67.6 Å². The van der Waals surface area contributed by atoms with E-state index < -0.39 is 16.9 Å². The number of hydrogen-bond donors (Lipinski definition) is 1. The Hall–Kier alpha value is -0.970. The standard InChI is InChI=1S/C17H19BrO2S/c1-13(12-21(20)15-10-6-3-7-11-15)16(18)17(19)14-8-4-2-5-9-14/h2-11,13,16-17,19H,12H2,1H3/t13-,16+,17-,21?/m0/s1. The van der Waals surface area contributed by atoms with Gasteiger partial charge in [-0.1, -0.05) is 71.4 Å². The number of benzene rings is 2. The second kappa shape index (κ2) is 7.87. The summed E-state index contributed by atoms with van der Waals surface area (Å²) in [5.74, 6) is 0.602. The molecule has 1 unspecified atom stereocenters. The summed E-state index contributed by atoms with van der Waals surface area (Å²) >= 11 is 3.56. The predicted octanol–water partition coefficient (Wildman–Crippen LogP) is 3.93. The second-order valence-corrected chi connectivity index (χ2v) is 7.66. The molecule has 2 rings (SSSR count). The first-order chi connectivity index (χ1) is 10.1. The SMILES string of the molecule is C[C@@H](CS(=O)c1ccccc1)[C@@H](Br)[C@@H](O)c1ccccc1. The summed E-state index contributed by atoms with van der Waals surface area (Å²) < 4.78 is 12.3. The van der Waals surface area contributed by atoms with Crippen molar-refractivity contribution in [3.05, 3.63) is 66.2 Å². The molecule has 0 bridgehead atoms. The Balaban J connectivity index is 2.00. The van der Waals surface area contributed by atoms with Gasteiger partial charge in [-0.15, -0.1) is 0 Å². The van der Waals surface area contributed by atoms with Crippen LogP contribution in [0.1, 0.15) is 18.6 Å². The van der Waals surface area contributed by atoms with Gasteiger partial charge < -0.3 is 5.11 Å². The molecule has 0 radical (unpaired) electrons. The molecule has 0 spiro atoms. The van der Waals surface area contributed by atoms with Gasteiger partial charge in [0.15, 0.2) is 0 Å². The predicted molar refractivity (Wildman–Crippen MR) is 91.0 cm³/mol. The molecule has 4 atom stereocenters. The normalized spacial score (nSPS) is 16.9. The molecule has 0 aliphatic rings. The Morgan fingerprint density at radius 3 is 2.14 bits per heavy atom. The van der Waals surface area contributed by atoms with Crippen LogP contribution < -0.4 is 0 Å². The Kier molecular flexibility index (Phi) is 6.15. The van der Waals surface area contributed by atoms with E-state index in [-0.39, 0.29) is 10.7 Å².